The first-order chi connectivity index (χ1) is 8.24. The van der Waals surface area contributed by atoms with Gasteiger partial charge < -0.3 is 41.3 Å². The Hall–Kier alpha value is -0.810. The third-order valence-corrected chi connectivity index (χ3v) is 2.75. The Balaban J connectivity index is 2.89. The summed E-state index contributed by atoms with van der Waals surface area (Å²) < 4.78 is 4.70. The van der Waals surface area contributed by atoms with Gasteiger partial charge in [-0.05, 0) is 6.92 Å². The minimum atomic E-state index is -2.60. The first-order valence-corrected chi connectivity index (χ1v) is 5.34. The summed E-state index contributed by atoms with van der Waals surface area (Å²) in [5, 5.41) is 49.5. The Morgan fingerprint density at radius 1 is 1.50 bits per heavy atom. The highest BCUT2D eigenvalue weighted by Gasteiger charge is 2.55. The smallest absolute Gasteiger partial charge is 0.239 e. The number of ether oxygens (including phenoxy) is 1. The third-order valence-electron chi connectivity index (χ3n) is 2.75. The Kier molecular flexibility index (Phi) is 4.61. The van der Waals surface area contributed by atoms with Gasteiger partial charge in [-0.15, -0.1) is 0 Å². The minimum absolute atomic E-state index is 0.674. The number of amides is 1. The van der Waals surface area contributed by atoms with Crippen molar-refractivity contribution in [3.63, 3.8) is 0 Å². The fraction of sp³-hybridized carbons (Fsp3) is 0.889. The summed E-state index contributed by atoms with van der Waals surface area (Å²) in [7, 11) is 0. The largest absolute Gasteiger partial charge is 0.394 e. The molecule has 0 spiro atoms. The van der Waals surface area contributed by atoms with E-state index >= 15 is 0 Å². The lowest BCUT2D eigenvalue weighted by Gasteiger charge is -2.46. The molecule has 18 heavy (non-hydrogen) atoms. The van der Waals surface area contributed by atoms with Gasteiger partial charge in [-0.2, -0.15) is 0 Å². The summed E-state index contributed by atoms with van der Waals surface area (Å²) in [6.07, 6.45) is -6.92. The molecule has 1 fully saturated rings. The van der Waals surface area contributed by atoms with Gasteiger partial charge in [0.1, 0.15) is 18.3 Å². The van der Waals surface area contributed by atoms with Crippen LogP contribution < -0.4 is 11.1 Å². The Labute approximate surface area is 103 Å². The molecule has 0 aromatic carbocycles. The van der Waals surface area contributed by atoms with Gasteiger partial charge in [0, 0.05) is 0 Å². The summed E-state index contributed by atoms with van der Waals surface area (Å²) in [6.45, 7) is 0.653. The zero-order chi connectivity index (χ0) is 14.1. The highest BCUT2D eigenvalue weighted by atomic mass is 16.6. The number of hydrogen-bond acceptors (Lipinski definition) is 8. The molecule has 1 aliphatic rings. The van der Waals surface area contributed by atoms with Crippen molar-refractivity contribution in [1.29, 1.82) is 0 Å². The van der Waals surface area contributed by atoms with Crippen molar-refractivity contribution < 1.29 is 35.1 Å². The molecule has 0 bridgehead atoms. The van der Waals surface area contributed by atoms with E-state index in [9.17, 15) is 25.2 Å². The Bertz CT molecular complexity index is 313. The number of rotatable bonds is 3. The second-order valence-corrected chi connectivity index (χ2v) is 4.25. The molecule has 0 aromatic heterocycles. The van der Waals surface area contributed by atoms with Gasteiger partial charge in [-0.3, -0.25) is 4.79 Å². The van der Waals surface area contributed by atoms with Crippen LogP contribution in [0.15, 0.2) is 0 Å². The molecule has 1 aliphatic heterocycles. The molecule has 9 heteroatoms. The van der Waals surface area contributed by atoms with Crippen LogP contribution in [0.3, 0.4) is 0 Å². The van der Waals surface area contributed by atoms with E-state index in [4.69, 9.17) is 15.6 Å². The van der Waals surface area contributed by atoms with Gasteiger partial charge in [0.05, 0.1) is 12.6 Å². The van der Waals surface area contributed by atoms with Crippen molar-refractivity contribution in [2.24, 2.45) is 5.73 Å². The zero-order valence-electron chi connectivity index (χ0n) is 9.72. The van der Waals surface area contributed by atoms with Crippen LogP contribution in [0.2, 0.25) is 0 Å². The maximum absolute atomic E-state index is 11.4. The van der Waals surface area contributed by atoms with Crippen LogP contribution in [0.5, 0.6) is 0 Å². The second kappa shape index (κ2) is 5.45. The fourth-order valence-corrected chi connectivity index (χ4v) is 1.56. The molecule has 2 unspecified atom stereocenters. The maximum atomic E-state index is 11.4. The fourth-order valence-electron chi connectivity index (χ4n) is 1.56. The van der Waals surface area contributed by atoms with Crippen LogP contribution in [0.1, 0.15) is 6.92 Å². The van der Waals surface area contributed by atoms with E-state index in [1.54, 1.807) is 0 Å². The molecule has 0 saturated carbocycles. The van der Waals surface area contributed by atoms with E-state index < -0.39 is 48.9 Å². The zero-order valence-corrected chi connectivity index (χ0v) is 9.72. The summed E-state index contributed by atoms with van der Waals surface area (Å²) in [6, 6.07) is -0.999. The lowest BCUT2D eigenvalue weighted by atomic mass is 9.93. The summed E-state index contributed by atoms with van der Waals surface area (Å²) in [4.78, 5) is 11.4. The van der Waals surface area contributed by atoms with Gasteiger partial charge in [-0.25, -0.2) is 0 Å². The van der Waals surface area contributed by atoms with Crippen molar-refractivity contribution in [1.82, 2.24) is 5.32 Å². The minimum Gasteiger partial charge on any atom is -0.394 e. The van der Waals surface area contributed by atoms with E-state index in [0.29, 0.717) is 0 Å². The van der Waals surface area contributed by atoms with Crippen LogP contribution >= 0.6 is 0 Å². The normalized spacial score (nSPS) is 42.4. The van der Waals surface area contributed by atoms with Gasteiger partial charge in [0.15, 0.2) is 0 Å². The summed E-state index contributed by atoms with van der Waals surface area (Å²) in [5.74, 6) is -0.853. The molecule has 106 valence electrons. The predicted molar refractivity (Wildman–Crippen MR) is 56.7 cm³/mol. The number of nitrogens with two attached hydrogens (primary N) is 1. The van der Waals surface area contributed by atoms with Crippen molar-refractivity contribution >= 4 is 5.91 Å². The molecule has 1 heterocycles. The number of aliphatic hydroxyl groups is 5. The summed E-state index contributed by atoms with van der Waals surface area (Å²) in [5.41, 5.74) is 2.66. The molecule has 9 nitrogen and oxygen atoms in total. The van der Waals surface area contributed by atoms with Crippen LogP contribution in [0.25, 0.3) is 0 Å². The van der Waals surface area contributed by atoms with Gasteiger partial charge >= 0.3 is 0 Å². The van der Waals surface area contributed by atoms with Crippen molar-refractivity contribution in [3.8, 4) is 0 Å². The monoisotopic (exact) mass is 266 g/mol. The van der Waals surface area contributed by atoms with Crippen LogP contribution in [0.4, 0.5) is 0 Å². The van der Waals surface area contributed by atoms with Gasteiger partial charge in [0.2, 0.25) is 17.9 Å². The average Bonchev–Trinajstić information content (AvgIpc) is 2.31. The van der Waals surface area contributed by atoms with Crippen LogP contribution in [-0.2, 0) is 9.53 Å². The van der Waals surface area contributed by atoms with E-state index in [-0.39, 0.29) is 0 Å². The first-order valence-electron chi connectivity index (χ1n) is 5.34. The number of nitrogens with one attached hydrogen (secondary N) is 1. The topological polar surface area (TPSA) is 166 Å². The SMILES string of the molecule is CC(N)C(=O)N[C@]1(O)C(O)O[C@H](CO)[C@@H](O)[C@@H]1O. The van der Waals surface area contributed by atoms with Crippen molar-refractivity contribution in [2.75, 3.05) is 6.61 Å². The summed E-state index contributed by atoms with van der Waals surface area (Å²) >= 11 is 0. The molecule has 0 aliphatic carbocycles. The van der Waals surface area contributed by atoms with Crippen molar-refractivity contribution in [2.45, 2.75) is 43.3 Å². The quantitative estimate of drug-likeness (QED) is 0.251. The first kappa shape index (κ1) is 15.2. The standard InChI is InChI=1S/C9H18N2O7/c1-3(10)7(15)11-9(17)6(14)5(13)4(2-12)18-8(9)16/h3-6,8,12-14,16-17H,2,10H2,1H3,(H,11,15)/t3?,4-,5-,6+,8?,9-/m1/s1. The van der Waals surface area contributed by atoms with Crippen LogP contribution in [0, 0.1) is 0 Å². The highest BCUT2D eigenvalue weighted by molar-refractivity contribution is 5.81. The Morgan fingerprint density at radius 2 is 2.06 bits per heavy atom. The Morgan fingerprint density at radius 3 is 2.50 bits per heavy atom. The number of carbonyl (C=O) groups is 1. The molecule has 1 amide bonds. The lowest BCUT2D eigenvalue weighted by molar-refractivity contribution is -0.336. The molecule has 8 N–H and O–H groups in total. The van der Waals surface area contributed by atoms with Gasteiger partial charge in [-0.1, -0.05) is 0 Å². The predicted octanol–water partition coefficient (Wildman–Crippen LogP) is -4.43. The molecule has 1 saturated heterocycles. The maximum Gasteiger partial charge on any atom is 0.239 e. The van der Waals surface area contributed by atoms with Crippen LogP contribution in [-0.4, -0.2) is 74.4 Å². The molecule has 0 radical (unpaired) electrons. The van der Waals surface area contributed by atoms with E-state index in [1.165, 1.54) is 6.92 Å². The second-order valence-electron chi connectivity index (χ2n) is 4.25. The van der Waals surface area contributed by atoms with E-state index in [0.717, 1.165) is 0 Å². The molecule has 1 rings (SSSR count). The molecular formula is C9H18N2O7. The van der Waals surface area contributed by atoms with E-state index in [2.05, 4.69) is 0 Å². The lowest BCUT2D eigenvalue weighted by Crippen LogP contribution is -2.74. The highest BCUT2D eigenvalue weighted by Crippen LogP contribution is 2.26. The number of aliphatic hydroxyl groups excluding tert-OH is 4. The average molecular weight is 266 g/mol. The molecular weight excluding hydrogens is 248 g/mol. The molecule has 0 aromatic rings. The van der Waals surface area contributed by atoms with E-state index in [1.807, 2.05) is 5.32 Å². The van der Waals surface area contributed by atoms with Crippen molar-refractivity contribution in [3.05, 3.63) is 0 Å². The van der Waals surface area contributed by atoms with Gasteiger partial charge in [0.25, 0.3) is 0 Å². The third kappa shape index (κ3) is 2.62. The number of hydrogen-bond donors (Lipinski definition) is 7. The molecule has 6 atom stereocenters. The number of carbonyl (C=O) groups excluding carboxylic acids is 1.